The minimum Gasteiger partial charge on any atom is -0.343 e. The molecular weight excluding hydrogens is 470 g/mol. The molecule has 1 aliphatic carbocycles. The van der Waals surface area contributed by atoms with Gasteiger partial charge in [-0.15, -0.1) is 0 Å². The number of carbonyl (C=O) groups is 1. The second-order valence-corrected chi connectivity index (χ2v) is 8.13. The van der Waals surface area contributed by atoms with Gasteiger partial charge in [0.05, 0.1) is 30.7 Å². The first-order chi connectivity index (χ1) is 16.7. The van der Waals surface area contributed by atoms with E-state index in [2.05, 4.69) is 25.6 Å². The van der Waals surface area contributed by atoms with Crippen LogP contribution in [0.5, 0.6) is 0 Å². The standard InChI is InChI=1S/C23H19F4N5O3/c24-18-10-16(22(14-1-2-14)34-7-8-35-22)17(12-29-18)31-21(33)13-5-6-28-20(9-13)32-19-4-3-15(11-30-19)23(25,26)27/h3-6,9-12,14H,1-2,7-8H2,(H,31,33)(H,28,30,32). The number of rotatable bonds is 6. The Hall–Kier alpha value is -3.64. The Bertz CT molecular complexity index is 1240. The molecule has 1 amide bonds. The van der Waals surface area contributed by atoms with Gasteiger partial charge in [-0.2, -0.15) is 17.6 Å². The minimum absolute atomic E-state index is 0.0513. The number of amides is 1. The average molecular weight is 489 g/mol. The number of carbonyl (C=O) groups excluding carboxylic acids is 1. The van der Waals surface area contributed by atoms with Crippen molar-refractivity contribution >= 4 is 23.2 Å². The molecule has 0 radical (unpaired) electrons. The number of alkyl halides is 3. The maximum atomic E-state index is 14.0. The van der Waals surface area contributed by atoms with Gasteiger partial charge < -0.3 is 20.1 Å². The van der Waals surface area contributed by atoms with Gasteiger partial charge >= 0.3 is 6.18 Å². The number of hydrogen-bond donors (Lipinski definition) is 2. The lowest BCUT2D eigenvalue weighted by Gasteiger charge is -2.29. The molecule has 2 fully saturated rings. The quantitative estimate of drug-likeness (QED) is 0.385. The van der Waals surface area contributed by atoms with Crippen LogP contribution >= 0.6 is 0 Å². The highest BCUT2D eigenvalue weighted by Crippen LogP contribution is 2.52. The fourth-order valence-corrected chi connectivity index (χ4v) is 3.92. The van der Waals surface area contributed by atoms with Gasteiger partial charge in [0.15, 0.2) is 5.79 Å². The van der Waals surface area contributed by atoms with Crippen molar-refractivity contribution < 1.29 is 31.8 Å². The molecule has 2 aliphatic rings. The molecule has 182 valence electrons. The van der Waals surface area contributed by atoms with Crippen molar-refractivity contribution in [2.75, 3.05) is 23.8 Å². The van der Waals surface area contributed by atoms with Crippen LogP contribution in [-0.4, -0.2) is 34.1 Å². The summed E-state index contributed by atoms with van der Waals surface area (Å²) in [6.07, 6.45) is 0.487. The van der Waals surface area contributed by atoms with E-state index in [9.17, 15) is 22.4 Å². The second-order valence-electron chi connectivity index (χ2n) is 8.13. The predicted octanol–water partition coefficient (Wildman–Crippen LogP) is 4.64. The normalized spacial score (nSPS) is 17.3. The zero-order valence-corrected chi connectivity index (χ0v) is 18.1. The van der Waals surface area contributed by atoms with Gasteiger partial charge in [-0.1, -0.05) is 0 Å². The molecule has 0 bridgehead atoms. The number of pyridine rings is 3. The van der Waals surface area contributed by atoms with Crippen molar-refractivity contribution in [3.05, 3.63) is 71.6 Å². The van der Waals surface area contributed by atoms with Crippen LogP contribution in [-0.2, 0) is 21.4 Å². The van der Waals surface area contributed by atoms with E-state index in [1.165, 1.54) is 30.6 Å². The van der Waals surface area contributed by atoms with E-state index in [1.54, 1.807) is 0 Å². The van der Waals surface area contributed by atoms with Crippen molar-refractivity contribution in [2.45, 2.75) is 24.8 Å². The Labute approximate surface area is 196 Å². The van der Waals surface area contributed by atoms with Crippen LogP contribution in [0.2, 0.25) is 0 Å². The fraction of sp³-hybridized carbons (Fsp3) is 0.304. The molecular formula is C23H19F4N5O3. The van der Waals surface area contributed by atoms with E-state index in [0.29, 0.717) is 25.0 Å². The van der Waals surface area contributed by atoms with Crippen LogP contribution in [0.1, 0.15) is 34.3 Å². The van der Waals surface area contributed by atoms with Gasteiger partial charge in [0, 0.05) is 35.5 Å². The predicted molar refractivity (Wildman–Crippen MR) is 115 cm³/mol. The molecule has 12 heteroatoms. The second kappa shape index (κ2) is 8.86. The maximum Gasteiger partial charge on any atom is 0.417 e. The molecule has 3 aromatic heterocycles. The topological polar surface area (TPSA) is 98.3 Å². The summed E-state index contributed by atoms with van der Waals surface area (Å²) in [7, 11) is 0. The van der Waals surface area contributed by atoms with E-state index < -0.39 is 29.4 Å². The molecule has 5 rings (SSSR count). The zero-order chi connectivity index (χ0) is 24.6. The molecule has 2 N–H and O–H groups in total. The van der Waals surface area contributed by atoms with E-state index in [1.807, 2.05) is 0 Å². The smallest absolute Gasteiger partial charge is 0.343 e. The van der Waals surface area contributed by atoms with Gasteiger partial charge in [-0.25, -0.2) is 15.0 Å². The third-order valence-corrected chi connectivity index (χ3v) is 5.69. The largest absolute Gasteiger partial charge is 0.417 e. The van der Waals surface area contributed by atoms with Crippen LogP contribution in [0.3, 0.4) is 0 Å². The van der Waals surface area contributed by atoms with Gasteiger partial charge in [0.2, 0.25) is 5.95 Å². The van der Waals surface area contributed by atoms with E-state index in [-0.39, 0.29) is 28.8 Å². The van der Waals surface area contributed by atoms with Crippen LogP contribution in [0.4, 0.5) is 34.9 Å². The molecule has 1 saturated heterocycles. The number of hydrogen-bond acceptors (Lipinski definition) is 7. The first kappa shape index (κ1) is 23.1. The van der Waals surface area contributed by atoms with Crippen molar-refractivity contribution in [3.63, 3.8) is 0 Å². The molecule has 3 aromatic rings. The molecule has 1 saturated carbocycles. The minimum atomic E-state index is -4.50. The number of nitrogens with one attached hydrogen (secondary N) is 2. The van der Waals surface area contributed by atoms with E-state index >= 15 is 0 Å². The van der Waals surface area contributed by atoms with Crippen LogP contribution in [0.15, 0.2) is 48.9 Å². The Balaban J connectivity index is 1.36. The third kappa shape index (κ3) is 4.80. The van der Waals surface area contributed by atoms with Crippen LogP contribution in [0.25, 0.3) is 0 Å². The van der Waals surface area contributed by atoms with E-state index in [4.69, 9.17) is 9.47 Å². The molecule has 0 aromatic carbocycles. The summed E-state index contributed by atoms with van der Waals surface area (Å²) in [6, 6.07) is 6.11. The molecule has 0 atom stereocenters. The number of anilines is 3. The number of ether oxygens (including phenoxy) is 2. The third-order valence-electron chi connectivity index (χ3n) is 5.69. The average Bonchev–Trinajstić information content (AvgIpc) is 3.58. The SMILES string of the molecule is O=C(Nc1cnc(F)cc1C1(C2CC2)OCCO1)c1ccnc(Nc2ccc(C(F)(F)F)cn2)c1. The molecule has 0 unspecified atom stereocenters. The highest BCUT2D eigenvalue weighted by Gasteiger charge is 2.53. The van der Waals surface area contributed by atoms with Crippen LogP contribution in [0, 0.1) is 11.9 Å². The fourth-order valence-electron chi connectivity index (χ4n) is 3.92. The zero-order valence-electron chi connectivity index (χ0n) is 18.1. The lowest BCUT2D eigenvalue weighted by atomic mass is 10.00. The van der Waals surface area contributed by atoms with Gasteiger partial charge in [-0.3, -0.25) is 4.79 Å². The number of aromatic nitrogens is 3. The first-order valence-corrected chi connectivity index (χ1v) is 10.8. The highest BCUT2D eigenvalue weighted by molar-refractivity contribution is 6.05. The monoisotopic (exact) mass is 489 g/mol. The summed E-state index contributed by atoms with van der Waals surface area (Å²) in [4.78, 5) is 24.5. The molecule has 4 heterocycles. The van der Waals surface area contributed by atoms with Crippen molar-refractivity contribution in [3.8, 4) is 0 Å². The van der Waals surface area contributed by atoms with Gasteiger partial charge in [0.1, 0.15) is 11.6 Å². The number of nitrogens with zero attached hydrogens (tertiary/aromatic N) is 3. The Kier molecular flexibility index (Phi) is 5.85. The maximum absolute atomic E-state index is 14.0. The lowest BCUT2D eigenvalue weighted by Crippen LogP contribution is -2.32. The molecule has 0 spiro atoms. The summed E-state index contributed by atoms with van der Waals surface area (Å²) in [5.41, 5.74) is -0.0777. The number of halogens is 4. The van der Waals surface area contributed by atoms with Gasteiger partial charge in [0.25, 0.3) is 5.91 Å². The molecule has 1 aliphatic heterocycles. The Morgan fingerprint density at radius 1 is 1.00 bits per heavy atom. The van der Waals surface area contributed by atoms with Crippen LogP contribution < -0.4 is 10.6 Å². The van der Waals surface area contributed by atoms with Crippen molar-refractivity contribution in [1.82, 2.24) is 15.0 Å². The Morgan fingerprint density at radius 3 is 2.43 bits per heavy atom. The Morgan fingerprint density at radius 2 is 1.77 bits per heavy atom. The summed E-state index contributed by atoms with van der Waals surface area (Å²) in [6.45, 7) is 0.705. The molecule has 8 nitrogen and oxygen atoms in total. The van der Waals surface area contributed by atoms with Crippen molar-refractivity contribution in [1.29, 1.82) is 0 Å². The summed E-state index contributed by atoms with van der Waals surface area (Å²) in [5.74, 6) is -2.03. The van der Waals surface area contributed by atoms with Crippen molar-refractivity contribution in [2.24, 2.45) is 5.92 Å². The molecule has 35 heavy (non-hydrogen) atoms. The first-order valence-electron chi connectivity index (χ1n) is 10.8. The highest BCUT2D eigenvalue weighted by atomic mass is 19.4. The van der Waals surface area contributed by atoms with Gasteiger partial charge in [-0.05, 0) is 37.1 Å². The summed E-state index contributed by atoms with van der Waals surface area (Å²) >= 11 is 0. The summed E-state index contributed by atoms with van der Waals surface area (Å²) in [5, 5.41) is 5.49. The lowest BCUT2D eigenvalue weighted by molar-refractivity contribution is -0.181. The van der Waals surface area contributed by atoms with E-state index in [0.717, 1.165) is 25.0 Å². The summed E-state index contributed by atoms with van der Waals surface area (Å²) < 4.78 is 64.0.